The van der Waals surface area contributed by atoms with E-state index in [0.717, 1.165) is 0 Å². The highest BCUT2D eigenvalue weighted by atomic mass is 15.3. The summed E-state index contributed by atoms with van der Waals surface area (Å²) in [6.07, 6.45) is 58.7. The number of rotatable bonds is 44. The van der Waals surface area contributed by atoms with Crippen LogP contribution in [0.1, 0.15) is 285 Å². The summed E-state index contributed by atoms with van der Waals surface area (Å²) in [5.41, 5.74) is 0. The maximum absolute atomic E-state index is 2.38. The molecule has 49 heavy (non-hydrogen) atoms. The van der Waals surface area contributed by atoms with E-state index < -0.39 is 0 Å². The second kappa shape index (κ2) is 42.4. The number of hydrogen-bond donors (Lipinski definition) is 0. The summed E-state index contributed by atoms with van der Waals surface area (Å²) in [6, 6.07) is 0. The Hall–Kier alpha value is -0.0400. The molecule has 1 nitrogen and oxygen atoms in total. The lowest BCUT2D eigenvalue weighted by Crippen LogP contribution is -2.50. The van der Waals surface area contributed by atoms with Crippen LogP contribution < -0.4 is 0 Å². The summed E-state index contributed by atoms with van der Waals surface area (Å²) in [4.78, 5) is 0. The van der Waals surface area contributed by atoms with Gasteiger partial charge in [-0.15, -0.1) is 0 Å². The van der Waals surface area contributed by atoms with Crippen molar-refractivity contribution in [2.45, 2.75) is 285 Å². The first-order valence-electron chi connectivity index (χ1n) is 24.1. The quantitative estimate of drug-likeness (QED) is 0.0441. The highest BCUT2D eigenvalue weighted by molar-refractivity contribution is 4.56. The molecule has 0 aliphatic rings. The van der Waals surface area contributed by atoms with Crippen molar-refractivity contribution in [3.05, 3.63) is 0 Å². The summed E-state index contributed by atoms with van der Waals surface area (Å²) in [6.45, 7) is 15.3. The van der Waals surface area contributed by atoms with Crippen molar-refractivity contribution in [2.75, 3.05) is 26.2 Å². The first-order chi connectivity index (χ1) is 24.2. The topological polar surface area (TPSA) is 0 Å². The van der Waals surface area contributed by atoms with Gasteiger partial charge in [-0.2, -0.15) is 0 Å². The highest BCUT2D eigenvalue weighted by Gasteiger charge is 2.25. The summed E-state index contributed by atoms with van der Waals surface area (Å²) < 4.78 is 1.48. The molecule has 0 saturated heterocycles. The van der Waals surface area contributed by atoms with Gasteiger partial charge in [-0.1, -0.05) is 233 Å². The lowest BCUT2D eigenvalue weighted by molar-refractivity contribution is -0.929. The molecule has 0 spiro atoms. The van der Waals surface area contributed by atoms with Crippen molar-refractivity contribution in [3.63, 3.8) is 0 Å². The lowest BCUT2D eigenvalue weighted by Gasteiger charge is -2.40. The van der Waals surface area contributed by atoms with Gasteiger partial charge in [0.2, 0.25) is 0 Å². The third-order valence-electron chi connectivity index (χ3n) is 11.9. The van der Waals surface area contributed by atoms with Gasteiger partial charge in [-0.25, -0.2) is 0 Å². The van der Waals surface area contributed by atoms with E-state index >= 15 is 0 Å². The van der Waals surface area contributed by atoms with Gasteiger partial charge in [0.15, 0.2) is 0 Å². The fraction of sp³-hybridized carbons (Fsp3) is 1.00. The molecule has 0 aliphatic heterocycles. The van der Waals surface area contributed by atoms with Crippen LogP contribution in [0.3, 0.4) is 0 Å². The molecular weight excluding hydrogens is 591 g/mol. The second-order valence-electron chi connectivity index (χ2n) is 17.0. The van der Waals surface area contributed by atoms with Crippen LogP contribution in [0.25, 0.3) is 0 Å². The van der Waals surface area contributed by atoms with Crippen LogP contribution in [0.2, 0.25) is 0 Å². The fourth-order valence-electron chi connectivity index (χ4n) is 8.41. The van der Waals surface area contributed by atoms with E-state index in [0.29, 0.717) is 0 Å². The number of quaternary nitrogens is 1. The Bertz CT molecular complexity index is 500. The second-order valence-corrected chi connectivity index (χ2v) is 17.0. The molecule has 0 aromatic rings. The Balaban J connectivity index is 4.63. The van der Waals surface area contributed by atoms with E-state index in [9.17, 15) is 0 Å². The Morgan fingerprint density at radius 3 is 0.449 bits per heavy atom. The number of unbranched alkanes of at least 4 members (excludes halogenated alkanes) is 36. The molecule has 0 aromatic heterocycles. The first-order valence-corrected chi connectivity index (χ1v) is 24.1. The van der Waals surface area contributed by atoms with Crippen molar-refractivity contribution >= 4 is 0 Å². The third-order valence-corrected chi connectivity index (χ3v) is 11.9. The van der Waals surface area contributed by atoms with Crippen LogP contribution in [0, 0.1) is 0 Å². The monoisotopic (exact) mass is 691 g/mol. The zero-order valence-electron chi connectivity index (χ0n) is 35.6. The average Bonchev–Trinajstić information content (AvgIpc) is 3.11. The predicted molar refractivity (Wildman–Crippen MR) is 227 cm³/mol. The molecule has 0 amide bonds. The average molecular weight is 691 g/mol. The minimum atomic E-state index is 1.37. The van der Waals surface area contributed by atoms with Crippen LogP contribution in [-0.2, 0) is 0 Å². The summed E-state index contributed by atoms with van der Waals surface area (Å²) >= 11 is 0. The van der Waals surface area contributed by atoms with Gasteiger partial charge in [-0.3, -0.25) is 0 Å². The Kier molecular flexibility index (Phi) is 42.3. The standard InChI is InChI=1S/C48H100N/c1-5-9-13-17-20-23-26-29-32-35-38-42-46-49(45-41-16-12-8-4,47-43-39-36-33-30-27-24-21-18-14-10-6-2)48-44-40-37-34-31-28-25-22-19-15-11-7-3/h5-48H2,1-4H3/q+1. The molecule has 0 atom stereocenters. The largest absolute Gasteiger partial charge is 0.324 e. The molecule has 0 radical (unpaired) electrons. The fourth-order valence-corrected chi connectivity index (χ4v) is 8.41. The van der Waals surface area contributed by atoms with Gasteiger partial charge in [0, 0.05) is 0 Å². The van der Waals surface area contributed by atoms with Crippen molar-refractivity contribution in [1.29, 1.82) is 0 Å². The zero-order chi connectivity index (χ0) is 35.6. The van der Waals surface area contributed by atoms with Crippen molar-refractivity contribution in [3.8, 4) is 0 Å². The van der Waals surface area contributed by atoms with Crippen molar-refractivity contribution < 1.29 is 4.48 Å². The van der Waals surface area contributed by atoms with Crippen LogP contribution >= 0.6 is 0 Å². The molecule has 0 heterocycles. The molecule has 1 heteroatoms. The number of hydrogen-bond acceptors (Lipinski definition) is 0. The molecule has 296 valence electrons. The van der Waals surface area contributed by atoms with E-state index in [4.69, 9.17) is 0 Å². The highest BCUT2D eigenvalue weighted by Crippen LogP contribution is 2.21. The minimum Gasteiger partial charge on any atom is -0.324 e. The first kappa shape index (κ1) is 49.0. The smallest absolute Gasteiger partial charge is 0.0786 e. The maximum Gasteiger partial charge on any atom is 0.0786 e. The summed E-state index contributed by atoms with van der Waals surface area (Å²) in [5, 5.41) is 0. The molecule has 0 bridgehead atoms. The van der Waals surface area contributed by atoms with Gasteiger partial charge < -0.3 is 4.48 Å². The van der Waals surface area contributed by atoms with E-state index in [-0.39, 0.29) is 0 Å². The molecule has 0 unspecified atom stereocenters. The maximum atomic E-state index is 2.38. The van der Waals surface area contributed by atoms with E-state index in [1.165, 1.54) is 287 Å². The van der Waals surface area contributed by atoms with Crippen LogP contribution in [0.5, 0.6) is 0 Å². The van der Waals surface area contributed by atoms with E-state index in [2.05, 4.69) is 27.7 Å². The normalized spacial score (nSPS) is 12.0. The van der Waals surface area contributed by atoms with Crippen LogP contribution in [0.4, 0.5) is 0 Å². The molecule has 0 aromatic carbocycles. The number of nitrogens with zero attached hydrogens (tertiary/aromatic N) is 1. The van der Waals surface area contributed by atoms with Gasteiger partial charge in [-0.05, 0) is 51.4 Å². The van der Waals surface area contributed by atoms with E-state index in [1.807, 2.05) is 0 Å². The van der Waals surface area contributed by atoms with Gasteiger partial charge in [0.05, 0.1) is 26.2 Å². The zero-order valence-corrected chi connectivity index (χ0v) is 35.6. The van der Waals surface area contributed by atoms with Gasteiger partial charge in [0.1, 0.15) is 0 Å². The van der Waals surface area contributed by atoms with Gasteiger partial charge >= 0.3 is 0 Å². The lowest BCUT2D eigenvalue weighted by atomic mass is 10.0. The molecule has 0 rings (SSSR count). The molecular formula is C48H100N+. The molecule has 0 fully saturated rings. The summed E-state index contributed by atoms with van der Waals surface area (Å²) in [5.74, 6) is 0. The van der Waals surface area contributed by atoms with Gasteiger partial charge in [0.25, 0.3) is 0 Å². The summed E-state index contributed by atoms with van der Waals surface area (Å²) in [7, 11) is 0. The Morgan fingerprint density at radius 2 is 0.286 bits per heavy atom. The Labute approximate surface area is 314 Å². The minimum absolute atomic E-state index is 1.37. The molecule has 0 aliphatic carbocycles. The van der Waals surface area contributed by atoms with E-state index in [1.54, 1.807) is 0 Å². The molecule has 0 N–H and O–H groups in total. The predicted octanol–water partition coefficient (Wildman–Crippen LogP) is 17.5. The SMILES string of the molecule is CCCCCCCCCCCCCC[N+](CCCCCC)(CCCCCCCCCCCCCC)CCCCCCCCCCCCCC. The van der Waals surface area contributed by atoms with Crippen LogP contribution in [-0.4, -0.2) is 30.7 Å². The van der Waals surface area contributed by atoms with Crippen molar-refractivity contribution in [2.24, 2.45) is 0 Å². The molecule has 0 saturated carbocycles. The Morgan fingerprint density at radius 1 is 0.163 bits per heavy atom. The van der Waals surface area contributed by atoms with Crippen molar-refractivity contribution in [1.82, 2.24) is 0 Å². The van der Waals surface area contributed by atoms with Crippen LogP contribution in [0.15, 0.2) is 0 Å². The third kappa shape index (κ3) is 37.5.